The molecule has 0 radical (unpaired) electrons. The molecule has 0 aliphatic carbocycles. The summed E-state index contributed by atoms with van der Waals surface area (Å²) in [5, 5.41) is 7.35. The van der Waals surface area contributed by atoms with Gasteiger partial charge in [0.05, 0.1) is 16.8 Å². The number of benzene rings is 2. The zero-order valence-corrected chi connectivity index (χ0v) is 20.0. The number of nitrogens with one attached hydrogen (secondary N) is 2. The van der Waals surface area contributed by atoms with Crippen molar-refractivity contribution in [3.63, 3.8) is 0 Å². The van der Waals surface area contributed by atoms with Crippen molar-refractivity contribution in [1.82, 2.24) is 15.0 Å². The average molecular weight is 500 g/mol. The van der Waals surface area contributed by atoms with Gasteiger partial charge in [0, 0.05) is 42.2 Å². The van der Waals surface area contributed by atoms with Crippen LogP contribution >= 0.6 is 12.6 Å². The molecule has 0 atom stereocenters. The third-order valence-corrected chi connectivity index (χ3v) is 5.48. The summed E-state index contributed by atoms with van der Waals surface area (Å²) < 4.78 is 45.7. The van der Waals surface area contributed by atoms with E-state index in [0.29, 0.717) is 28.1 Å². The number of anilines is 3. The topological polar surface area (TPSA) is 72.0 Å². The minimum Gasteiger partial charge on any atom is -0.384 e. The number of thiol groups is 1. The molecule has 182 valence electrons. The van der Waals surface area contributed by atoms with Crippen molar-refractivity contribution in [1.29, 1.82) is 0 Å². The standard InChI is InChI=1S/C24H20F3N5O.CH4S/c1-33-13-21-31-20-12-15(22-18(24(25,26)27)3-2-9-29-22)4-6-17(20)23(32-21)30-16-5-7-19-14(11-16)8-10-28-19;1-2/h2-7,9,11-12,28H,8,10,13H2,1H3,(H,30,31,32);2H,1H3. The molecule has 2 aromatic heterocycles. The fourth-order valence-corrected chi connectivity index (χ4v) is 4.00. The van der Waals surface area contributed by atoms with Gasteiger partial charge in [-0.25, -0.2) is 9.97 Å². The van der Waals surface area contributed by atoms with Crippen molar-refractivity contribution < 1.29 is 17.9 Å². The number of hydrogen-bond acceptors (Lipinski definition) is 7. The number of fused-ring (bicyclic) bond motifs is 2. The zero-order valence-electron chi connectivity index (χ0n) is 19.1. The van der Waals surface area contributed by atoms with Crippen molar-refractivity contribution in [2.24, 2.45) is 0 Å². The quantitative estimate of drug-likeness (QED) is 0.288. The Labute approximate surface area is 206 Å². The molecule has 5 rings (SSSR count). The maximum atomic E-state index is 13.5. The smallest absolute Gasteiger partial charge is 0.384 e. The minimum atomic E-state index is -4.51. The number of pyridine rings is 1. The van der Waals surface area contributed by atoms with Crippen LogP contribution in [0.25, 0.3) is 22.2 Å². The summed E-state index contributed by atoms with van der Waals surface area (Å²) in [7, 11) is 1.54. The van der Waals surface area contributed by atoms with Crippen LogP contribution in [-0.2, 0) is 23.9 Å². The predicted octanol–water partition coefficient (Wildman–Crippen LogP) is 6.11. The Hall–Kier alpha value is -3.37. The number of hydrogen-bond donors (Lipinski definition) is 3. The summed E-state index contributed by atoms with van der Waals surface area (Å²) in [5.74, 6) is 0.978. The Balaban J connectivity index is 0.00000141. The highest BCUT2D eigenvalue weighted by Crippen LogP contribution is 2.37. The van der Waals surface area contributed by atoms with E-state index in [1.54, 1.807) is 24.5 Å². The lowest BCUT2D eigenvalue weighted by Crippen LogP contribution is -2.08. The zero-order chi connectivity index (χ0) is 25.0. The first-order chi connectivity index (χ1) is 16.9. The van der Waals surface area contributed by atoms with Crippen molar-refractivity contribution in [3.05, 3.63) is 71.7 Å². The second-order valence-corrected chi connectivity index (χ2v) is 7.72. The van der Waals surface area contributed by atoms with Crippen molar-refractivity contribution in [2.75, 3.05) is 30.5 Å². The first kappa shape index (κ1) is 24.7. The summed E-state index contributed by atoms with van der Waals surface area (Å²) in [5.41, 5.74) is 3.10. The SMILES string of the molecule is COCc1nc(Nc2ccc3c(c2)CCN3)c2ccc(-c3ncccc3C(F)(F)F)cc2n1.CS. The van der Waals surface area contributed by atoms with Crippen LogP contribution in [-0.4, -0.2) is 34.9 Å². The second-order valence-electron chi connectivity index (χ2n) is 7.72. The van der Waals surface area contributed by atoms with E-state index in [1.807, 2.05) is 12.1 Å². The molecule has 10 heteroatoms. The van der Waals surface area contributed by atoms with Gasteiger partial charge in [-0.1, -0.05) is 6.07 Å². The Morgan fingerprint density at radius 1 is 1.09 bits per heavy atom. The second kappa shape index (κ2) is 10.5. The molecule has 1 aliphatic rings. The molecule has 0 amide bonds. The van der Waals surface area contributed by atoms with E-state index < -0.39 is 11.7 Å². The van der Waals surface area contributed by atoms with Crippen LogP contribution in [0, 0.1) is 0 Å². The largest absolute Gasteiger partial charge is 0.418 e. The molecule has 2 N–H and O–H groups in total. The van der Waals surface area contributed by atoms with Gasteiger partial charge in [-0.15, -0.1) is 0 Å². The van der Waals surface area contributed by atoms with E-state index >= 15 is 0 Å². The minimum absolute atomic E-state index is 0.139. The lowest BCUT2D eigenvalue weighted by atomic mass is 10.0. The van der Waals surface area contributed by atoms with Gasteiger partial charge in [-0.2, -0.15) is 25.8 Å². The fraction of sp³-hybridized carbons (Fsp3) is 0.240. The van der Waals surface area contributed by atoms with Crippen molar-refractivity contribution >= 4 is 40.7 Å². The first-order valence-corrected chi connectivity index (χ1v) is 11.7. The molecule has 4 aromatic rings. The molecule has 3 heterocycles. The van der Waals surface area contributed by atoms with Gasteiger partial charge in [0.25, 0.3) is 0 Å². The lowest BCUT2D eigenvalue weighted by Gasteiger charge is -2.14. The van der Waals surface area contributed by atoms with E-state index in [0.717, 1.165) is 30.4 Å². The Bertz CT molecular complexity index is 1350. The Kier molecular flexibility index (Phi) is 7.42. The molecular weight excluding hydrogens is 475 g/mol. The van der Waals surface area contributed by atoms with E-state index in [4.69, 9.17) is 4.74 Å². The van der Waals surface area contributed by atoms with E-state index in [9.17, 15) is 13.2 Å². The summed E-state index contributed by atoms with van der Waals surface area (Å²) in [4.78, 5) is 13.1. The number of alkyl halides is 3. The molecule has 2 aromatic carbocycles. The van der Waals surface area contributed by atoms with Gasteiger partial charge < -0.3 is 15.4 Å². The number of halogens is 3. The molecule has 35 heavy (non-hydrogen) atoms. The molecule has 1 aliphatic heterocycles. The third kappa shape index (κ3) is 5.33. The molecule has 0 saturated heterocycles. The monoisotopic (exact) mass is 499 g/mol. The maximum Gasteiger partial charge on any atom is 0.418 e. The van der Waals surface area contributed by atoms with Crippen LogP contribution in [0.2, 0.25) is 0 Å². The van der Waals surface area contributed by atoms with Gasteiger partial charge in [0.2, 0.25) is 0 Å². The lowest BCUT2D eigenvalue weighted by molar-refractivity contribution is -0.137. The number of ether oxygens (including phenoxy) is 1. The van der Waals surface area contributed by atoms with Gasteiger partial charge in [-0.3, -0.25) is 4.98 Å². The van der Waals surface area contributed by atoms with Crippen LogP contribution in [0.15, 0.2) is 54.7 Å². The van der Waals surface area contributed by atoms with Crippen molar-refractivity contribution in [3.8, 4) is 11.3 Å². The van der Waals surface area contributed by atoms with E-state index in [1.165, 1.54) is 24.9 Å². The first-order valence-electron chi connectivity index (χ1n) is 10.8. The van der Waals surface area contributed by atoms with Crippen molar-refractivity contribution in [2.45, 2.75) is 19.2 Å². The fourth-order valence-electron chi connectivity index (χ4n) is 4.00. The summed E-state index contributed by atoms with van der Waals surface area (Å²) >= 11 is 3.53. The predicted molar refractivity (Wildman–Crippen MR) is 135 cm³/mol. The molecule has 0 bridgehead atoms. The van der Waals surface area contributed by atoms with Crippen LogP contribution in [0.3, 0.4) is 0 Å². The van der Waals surface area contributed by atoms with Crippen LogP contribution in [0.5, 0.6) is 0 Å². The van der Waals surface area contributed by atoms with Crippen LogP contribution in [0.1, 0.15) is 17.0 Å². The molecule has 0 fully saturated rings. The number of methoxy groups -OCH3 is 1. The van der Waals surface area contributed by atoms with Gasteiger partial charge in [-0.05, 0) is 60.7 Å². The summed E-state index contributed by atoms with van der Waals surface area (Å²) in [6.45, 7) is 1.07. The average Bonchev–Trinajstić information content (AvgIpc) is 3.33. The van der Waals surface area contributed by atoms with Crippen LogP contribution < -0.4 is 10.6 Å². The van der Waals surface area contributed by atoms with Gasteiger partial charge in [0.1, 0.15) is 12.4 Å². The number of aromatic nitrogens is 3. The Morgan fingerprint density at radius 3 is 2.69 bits per heavy atom. The summed E-state index contributed by atoms with van der Waals surface area (Å²) in [6, 6.07) is 13.3. The van der Waals surface area contributed by atoms with E-state index in [-0.39, 0.29) is 12.3 Å². The number of rotatable bonds is 5. The molecule has 6 nitrogen and oxygen atoms in total. The summed E-state index contributed by atoms with van der Waals surface area (Å²) in [6.07, 6.45) is -0.527. The molecule has 0 spiro atoms. The Morgan fingerprint density at radius 2 is 1.91 bits per heavy atom. The van der Waals surface area contributed by atoms with Gasteiger partial charge >= 0.3 is 6.18 Å². The highest BCUT2D eigenvalue weighted by atomic mass is 32.1. The van der Waals surface area contributed by atoms with E-state index in [2.05, 4.69) is 44.3 Å². The maximum absolute atomic E-state index is 13.5. The van der Waals surface area contributed by atoms with Gasteiger partial charge in [0.15, 0.2) is 5.82 Å². The molecular formula is C25H24F3N5OS. The number of nitrogens with zero attached hydrogens (tertiary/aromatic N) is 3. The highest BCUT2D eigenvalue weighted by molar-refractivity contribution is 7.79. The molecule has 0 saturated carbocycles. The highest BCUT2D eigenvalue weighted by Gasteiger charge is 2.34. The normalized spacial score (nSPS) is 12.5. The van der Waals surface area contributed by atoms with Crippen LogP contribution in [0.4, 0.5) is 30.4 Å². The third-order valence-electron chi connectivity index (χ3n) is 5.48. The molecule has 0 unspecified atom stereocenters.